The molecule has 0 aliphatic rings. The highest BCUT2D eigenvalue weighted by Crippen LogP contribution is 2.65. The zero-order valence-corrected chi connectivity index (χ0v) is 8.44. The van der Waals surface area contributed by atoms with E-state index in [1.54, 1.807) is 0 Å². The lowest BCUT2D eigenvalue weighted by atomic mass is 11.8. The van der Waals surface area contributed by atoms with Crippen molar-refractivity contribution in [3.05, 3.63) is 0 Å². The summed E-state index contributed by atoms with van der Waals surface area (Å²) in [6.07, 6.45) is 1.27. The molecule has 0 amide bonds. The van der Waals surface area contributed by atoms with Crippen molar-refractivity contribution in [3.8, 4) is 0 Å². The van der Waals surface area contributed by atoms with Crippen molar-refractivity contribution in [1.29, 1.82) is 0 Å². The topological polar surface area (TPSA) is 93.1 Å². The first-order valence-electron chi connectivity index (χ1n) is 2.31. The Morgan fingerprint density at radius 2 is 1.82 bits per heavy atom. The Morgan fingerprint density at radius 3 is 2.09 bits per heavy atom. The van der Waals surface area contributed by atoms with Crippen molar-refractivity contribution in [2.45, 2.75) is 0 Å². The predicted octanol–water partition coefficient (Wildman–Crippen LogP) is 1.21. The largest absolute Gasteiger partial charge is 0.479 e. The van der Waals surface area contributed by atoms with Crippen LogP contribution in [0.4, 0.5) is 0 Å². The summed E-state index contributed by atoms with van der Waals surface area (Å²) >= 11 is 0.446. The van der Waals surface area contributed by atoms with Crippen molar-refractivity contribution in [2.24, 2.45) is 0 Å². The van der Waals surface area contributed by atoms with E-state index in [2.05, 4.69) is 8.83 Å². The van der Waals surface area contributed by atoms with Crippen LogP contribution in [0.2, 0.25) is 0 Å². The van der Waals surface area contributed by atoms with E-state index in [-0.39, 0.29) is 0 Å². The molecular formula is C2H8O6P2S. The van der Waals surface area contributed by atoms with Gasteiger partial charge in [0, 0.05) is 7.11 Å². The molecule has 0 fully saturated rings. The van der Waals surface area contributed by atoms with Crippen molar-refractivity contribution in [1.82, 2.24) is 0 Å². The van der Waals surface area contributed by atoms with Crippen LogP contribution in [0.1, 0.15) is 0 Å². The van der Waals surface area contributed by atoms with Crippen LogP contribution >= 0.6 is 26.0 Å². The van der Waals surface area contributed by atoms with Gasteiger partial charge in [-0.15, -0.1) is 0 Å². The lowest BCUT2D eigenvalue weighted by Gasteiger charge is -2.11. The Labute approximate surface area is 67.8 Å². The Balaban J connectivity index is 4.26. The van der Waals surface area contributed by atoms with E-state index in [1.165, 1.54) is 6.26 Å². The van der Waals surface area contributed by atoms with Gasteiger partial charge in [-0.3, -0.25) is 4.52 Å². The summed E-state index contributed by atoms with van der Waals surface area (Å²) in [4.78, 5) is 17.2. The van der Waals surface area contributed by atoms with Gasteiger partial charge in [0.15, 0.2) is 0 Å². The summed E-state index contributed by atoms with van der Waals surface area (Å²) in [5, 5.41) is 0. The fourth-order valence-corrected chi connectivity index (χ4v) is 3.13. The third kappa shape index (κ3) is 4.98. The third-order valence-electron chi connectivity index (χ3n) is 0.668. The number of hydrogen-bond donors (Lipinski definition) is 2. The van der Waals surface area contributed by atoms with Crippen LogP contribution in [0.3, 0.4) is 0 Å². The van der Waals surface area contributed by atoms with Crippen LogP contribution in [-0.2, 0) is 18.0 Å². The monoisotopic (exact) mass is 222 g/mol. The average Bonchev–Trinajstić information content (AvgIpc) is 1.86. The Hall–Kier alpha value is 0.650. The molecule has 0 aromatic heterocycles. The van der Waals surface area contributed by atoms with Crippen LogP contribution in [-0.4, -0.2) is 23.2 Å². The van der Waals surface area contributed by atoms with Gasteiger partial charge in [-0.1, -0.05) is 0 Å². The molecule has 0 saturated heterocycles. The minimum atomic E-state index is -4.35. The molecule has 9 heteroatoms. The number of phosphoric ester groups is 1. The molecule has 0 heterocycles. The molecule has 2 unspecified atom stereocenters. The van der Waals surface area contributed by atoms with Gasteiger partial charge < -0.3 is 9.79 Å². The molecule has 0 aliphatic carbocycles. The molecule has 0 aliphatic heterocycles. The minimum Gasteiger partial charge on any atom is -0.316 e. The van der Waals surface area contributed by atoms with Gasteiger partial charge >= 0.3 is 14.6 Å². The lowest BCUT2D eigenvalue weighted by molar-refractivity contribution is 0.235. The van der Waals surface area contributed by atoms with E-state index in [0.717, 1.165) is 7.11 Å². The van der Waals surface area contributed by atoms with E-state index >= 15 is 0 Å². The Kier molecular flexibility index (Phi) is 4.29. The lowest BCUT2D eigenvalue weighted by Crippen LogP contribution is -1.87. The fraction of sp³-hybridized carbons (Fsp3) is 1.00. The fourth-order valence-electron chi connectivity index (χ4n) is 0.197. The van der Waals surface area contributed by atoms with Gasteiger partial charge in [-0.05, 0) is 17.6 Å². The summed E-state index contributed by atoms with van der Waals surface area (Å²) in [5.41, 5.74) is 0. The highest BCUT2D eigenvalue weighted by Gasteiger charge is 2.31. The van der Waals surface area contributed by atoms with E-state index in [9.17, 15) is 9.13 Å². The van der Waals surface area contributed by atoms with Crippen molar-refractivity contribution in [2.75, 3.05) is 13.4 Å². The molecule has 0 aromatic rings. The van der Waals surface area contributed by atoms with Crippen molar-refractivity contribution >= 4 is 26.0 Å². The smallest absolute Gasteiger partial charge is 0.316 e. The first-order valence-corrected chi connectivity index (χ1v) is 7.21. The summed E-state index contributed by atoms with van der Waals surface area (Å²) < 4.78 is 29.0. The van der Waals surface area contributed by atoms with E-state index < -0.39 is 14.6 Å². The van der Waals surface area contributed by atoms with Crippen LogP contribution in [0.15, 0.2) is 0 Å². The number of phosphoric acid groups is 1. The number of hydrogen-bond acceptors (Lipinski definition) is 5. The molecule has 11 heavy (non-hydrogen) atoms. The maximum Gasteiger partial charge on any atom is 0.479 e. The van der Waals surface area contributed by atoms with Gasteiger partial charge in [0.2, 0.25) is 0 Å². The number of rotatable bonds is 4. The molecule has 0 saturated carbocycles. The summed E-state index contributed by atoms with van der Waals surface area (Å²) in [7, 11) is -3.44. The first-order chi connectivity index (χ1) is 4.83. The van der Waals surface area contributed by atoms with Crippen LogP contribution in [0.25, 0.3) is 0 Å². The van der Waals surface area contributed by atoms with Crippen LogP contribution < -0.4 is 0 Å². The predicted molar refractivity (Wildman–Crippen MR) is 41.3 cm³/mol. The SMILES string of the molecule is COP(=O)(O)OP(=O)(O)SC. The van der Waals surface area contributed by atoms with Gasteiger partial charge in [0.1, 0.15) is 0 Å². The molecule has 0 radical (unpaired) electrons. The van der Waals surface area contributed by atoms with Gasteiger partial charge in [0.05, 0.1) is 0 Å². The van der Waals surface area contributed by atoms with Gasteiger partial charge in [-0.25, -0.2) is 9.13 Å². The summed E-state index contributed by atoms with van der Waals surface area (Å²) in [6, 6.07) is 0. The Morgan fingerprint density at radius 1 is 1.36 bits per heavy atom. The average molecular weight is 222 g/mol. The molecule has 0 aromatic carbocycles. The molecule has 0 bridgehead atoms. The molecule has 0 rings (SSSR count). The van der Waals surface area contributed by atoms with E-state index in [4.69, 9.17) is 9.79 Å². The van der Waals surface area contributed by atoms with Crippen molar-refractivity contribution in [3.63, 3.8) is 0 Å². The standard InChI is InChI=1S/C2H8O6P2S/c1-7-9(3,4)8-10(5,6)11-2/h1-2H3,(H,3,4)(H,5,6). The summed E-state index contributed by atoms with van der Waals surface area (Å²) in [5.74, 6) is 0. The molecule has 68 valence electrons. The van der Waals surface area contributed by atoms with Gasteiger partial charge in [0.25, 0.3) is 0 Å². The van der Waals surface area contributed by atoms with Gasteiger partial charge in [-0.2, -0.15) is 4.31 Å². The first kappa shape index (κ1) is 11.6. The second-order valence-electron chi connectivity index (χ2n) is 1.38. The highest BCUT2D eigenvalue weighted by atomic mass is 32.7. The maximum atomic E-state index is 10.6. The second kappa shape index (κ2) is 4.05. The highest BCUT2D eigenvalue weighted by molar-refractivity contribution is 8.55. The van der Waals surface area contributed by atoms with Crippen molar-refractivity contribution < 1.29 is 27.8 Å². The minimum absolute atomic E-state index is 0.446. The quantitative estimate of drug-likeness (QED) is 0.690. The Bertz CT molecular complexity index is 193. The maximum absolute atomic E-state index is 10.6. The normalized spacial score (nSPS) is 22.2. The van der Waals surface area contributed by atoms with Crippen LogP contribution in [0.5, 0.6) is 0 Å². The third-order valence-corrected chi connectivity index (χ3v) is 5.23. The molecule has 0 spiro atoms. The molecule has 2 N–H and O–H groups in total. The van der Waals surface area contributed by atoms with Crippen LogP contribution in [0, 0.1) is 0 Å². The molecule has 6 nitrogen and oxygen atoms in total. The molecule has 2 atom stereocenters. The molecular weight excluding hydrogens is 214 g/mol. The zero-order valence-electron chi connectivity index (χ0n) is 5.83. The zero-order chi connectivity index (χ0) is 9.12. The van der Waals surface area contributed by atoms with E-state index in [1.807, 2.05) is 0 Å². The van der Waals surface area contributed by atoms with E-state index in [0.29, 0.717) is 11.4 Å². The summed E-state index contributed by atoms with van der Waals surface area (Å²) in [6.45, 7) is -4.03. The second-order valence-corrected chi connectivity index (χ2v) is 7.12.